The molecule has 1 heterocycles. The van der Waals surface area contributed by atoms with Crippen LogP contribution in [0, 0.1) is 10.1 Å². The molecule has 3 rings (SSSR count). The van der Waals surface area contributed by atoms with E-state index in [0.29, 0.717) is 6.54 Å². The smallest absolute Gasteiger partial charge is 0.269 e. The van der Waals surface area contributed by atoms with Crippen molar-refractivity contribution >= 4 is 29.0 Å². The minimum absolute atomic E-state index is 0.0251. The molecule has 0 aromatic heterocycles. The molecule has 0 fully saturated rings. The summed E-state index contributed by atoms with van der Waals surface area (Å²) in [5, 5.41) is 20.2. The Bertz CT molecular complexity index is 777. The number of fused-ring (bicyclic) bond motifs is 1. The molecule has 0 aliphatic carbocycles. The Morgan fingerprint density at radius 1 is 1.25 bits per heavy atom. The Morgan fingerprint density at radius 2 is 2.00 bits per heavy atom. The lowest BCUT2D eigenvalue weighted by Crippen LogP contribution is -2.36. The van der Waals surface area contributed by atoms with Gasteiger partial charge in [0.2, 0.25) is 5.91 Å². The van der Waals surface area contributed by atoms with Crippen molar-refractivity contribution in [3.8, 4) is 5.75 Å². The van der Waals surface area contributed by atoms with Gasteiger partial charge in [0.25, 0.3) is 5.69 Å². The van der Waals surface area contributed by atoms with E-state index in [1.165, 1.54) is 17.8 Å². The SMILES string of the molecule is O=C(CSc1ccc(O)cc1)N1CCCc2cc([N+](=O)[O-])ccc21. The van der Waals surface area contributed by atoms with Crippen molar-refractivity contribution in [2.45, 2.75) is 17.7 Å². The maximum atomic E-state index is 12.5. The summed E-state index contributed by atoms with van der Waals surface area (Å²) in [6, 6.07) is 11.4. The molecule has 2 aromatic rings. The Balaban J connectivity index is 1.72. The molecule has 6 nitrogen and oxygen atoms in total. The maximum Gasteiger partial charge on any atom is 0.269 e. The van der Waals surface area contributed by atoms with Crippen LogP contribution in [0.1, 0.15) is 12.0 Å². The van der Waals surface area contributed by atoms with E-state index in [4.69, 9.17) is 0 Å². The monoisotopic (exact) mass is 344 g/mol. The summed E-state index contributed by atoms with van der Waals surface area (Å²) in [6.45, 7) is 0.625. The van der Waals surface area contributed by atoms with Crippen molar-refractivity contribution in [1.82, 2.24) is 0 Å². The van der Waals surface area contributed by atoms with E-state index < -0.39 is 4.92 Å². The first-order chi connectivity index (χ1) is 11.5. The van der Waals surface area contributed by atoms with Crippen molar-refractivity contribution in [1.29, 1.82) is 0 Å². The Kier molecular flexibility index (Phi) is 4.71. The van der Waals surface area contributed by atoms with Crippen LogP contribution in [0.2, 0.25) is 0 Å². The number of aryl methyl sites for hydroxylation is 1. The molecule has 2 aromatic carbocycles. The number of phenols is 1. The van der Waals surface area contributed by atoms with Gasteiger partial charge in [0.1, 0.15) is 5.75 Å². The van der Waals surface area contributed by atoms with Crippen LogP contribution in [0.5, 0.6) is 5.75 Å². The van der Waals surface area contributed by atoms with Crippen molar-refractivity contribution < 1.29 is 14.8 Å². The van der Waals surface area contributed by atoms with Crippen LogP contribution in [-0.2, 0) is 11.2 Å². The molecular weight excluding hydrogens is 328 g/mol. The van der Waals surface area contributed by atoms with E-state index >= 15 is 0 Å². The number of rotatable bonds is 4. The summed E-state index contributed by atoms with van der Waals surface area (Å²) in [5.74, 6) is 0.446. The second-order valence-electron chi connectivity index (χ2n) is 5.50. The van der Waals surface area contributed by atoms with E-state index in [-0.39, 0.29) is 23.1 Å². The van der Waals surface area contributed by atoms with Crippen molar-refractivity contribution in [3.63, 3.8) is 0 Å². The molecular formula is C17H16N2O4S. The number of carbonyl (C=O) groups is 1. The highest BCUT2D eigenvalue weighted by molar-refractivity contribution is 8.00. The lowest BCUT2D eigenvalue weighted by atomic mass is 10.0. The average Bonchev–Trinajstić information content (AvgIpc) is 2.60. The summed E-state index contributed by atoms with van der Waals surface area (Å²) >= 11 is 1.40. The summed E-state index contributed by atoms with van der Waals surface area (Å²) in [7, 11) is 0. The van der Waals surface area contributed by atoms with Crippen LogP contribution in [-0.4, -0.2) is 28.2 Å². The fourth-order valence-corrected chi connectivity index (χ4v) is 3.50. The molecule has 7 heteroatoms. The Morgan fingerprint density at radius 3 is 2.71 bits per heavy atom. The van der Waals surface area contributed by atoms with Gasteiger partial charge in [0.15, 0.2) is 0 Å². The second-order valence-corrected chi connectivity index (χ2v) is 6.55. The molecule has 24 heavy (non-hydrogen) atoms. The molecule has 1 N–H and O–H groups in total. The normalized spacial score (nSPS) is 13.4. The topological polar surface area (TPSA) is 83.7 Å². The molecule has 0 saturated heterocycles. The summed E-state index contributed by atoms with van der Waals surface area (Å²) < 4.78 is 0. The number of phenolic OH excluding ortho intramolecular Hbond substituents is 1. The van der Waals surface area contributed by atoms with Gasteiger partial charge >= 0.3 is 0 Å². The largest absolute Gasteiger partial charge is 0.508 e. The predicted octanol–water partition coefficient (Wildman–Crippen LogP) is 3.37. The minimum atomic E-state index is -0.415. The zero-order valence-electron chi connectivity index (χ0n) is 12.8. The van der Waals surface area contributed by atoms with Gasteiger partial charge in [0.05, 0.1) is 10.7 Å². The number of carbonyl (C=O) groups excluding carboxylic acids is 1. The average molecular weight is 344 g/mol. The molecule has 0 atom stereocenters. The fourth-order valence-electron chi connectivity index (χ4n) is 2.72. The molecule has 0 spiro atoms. The first kappa shape index (κ1) is 16.3. The van der Waals surface area contributed by atoms with E-state index in [1.807, 2.05) is 0 Å². The number of non-ortho nitro benzene ring substituents is 1. The molecule has 1 aliphatic heterocycles. The standard InChI is InChI=1S/C17H16N2O4S/c20-14-4-6-15(7-5-14)24-11-17(21)18-9-1-2-12-10-13(19(22)23)3-8-16(12)18/h3-8,10,20H,1-2,9,11H2. The van der Waals surface area contributed by atoms with Gasteiger partial charge in [-0.05, 0) is 48.7 Å². The number of hydrogen-bond donors (Lipinski definition) is 1. The molecule has 0 bridgehead atoms. The Labute approximate surface area is 143 Å². The van der Waals surface area contributed by atoms with Gasteiger partial charge in [-0.1, -0.05) is 0 Å². The highest BCUT2D eigenvalue weighted by Crippen LogP contribution is 2.31. The van der Waals surface area contributed by atoms with Crippen LogP contribution in [0.15, 0.2) is 47.4 Å². The number of amides is 1. The number of nitro groups is 1. The van der Waals surface area contributed by atoms with Gasteiger partial charge in [-0.2, -0.15) is 0 Å². The third-order valence-corrected chi connectivity index (χ3v) is 4.89. The maximum absolute atomic E-state index is 12.5. The van der Waals surface area contributed by atoms with Crippen molar-refractivity contribution in [2.24, 2.45) is 0 Å². The lowest BCUT2D eigenvalue weighted by Gasteiger charge is -2.29. The third kappa shape index (κ3) is 3.51. The highest BCUT2D eigenvalue weighted by Gasteiger charge is 2.24. The van der Waals surface area contributed by atoms with Crippen LogP contribution >= 0.6 is 11.8 Å². The number of nitro benzene ring substituents is 1. The second kappa shape index (κ2) is 6.92. The van der Waals surface area contributed by atoms with E-state index in [9.17, 15) is 20.0 Å². The molecule has 1 amide bonds. The molecule has 0 radical (unpaired) electrons. The minimum Gasteiger partial charge on any atom is -0.508 e. The van der Waals surface area contributed by atoms with Gasteiger partial charge in [-0.15, -0.1) is 11.8 Å². The molecule has 1 aliphatic rings. The van der Waals surface area contributed by atoms with Crippen LogP contribution in [0.25, 0.3) is 0 Å². The number of anilines is 1. The first-order valence-corrected chi connectivity index (χ1v) is 8.52. The lowest BCUT2D eigenvalue weighted by molar-refractivity contribution is -0.384. The van der Waals surface area contributed by atoms with E-state index in [1.54, 1.807) is 41.3 Å². The van der Waals surface area contributed by atoms with Crippen molar-refractivity contribution in [3.05, 3.63) is 58.1 Å². The summed E-state index contributed by atoms with van der Waals surface area (Å²) in [6.07, 6.45) is 1.54. The number of hydrogen-bond acceptors (Lipinski definition) is 5. The number of nitrogens with zero attached hydrogens (tertiary/aromatic N) is 2. The quantitative estimate of drug-likeness (QED) is 0.522. The van der Waals surface area contributed by atoms with E-state index in [2.05, 4.69) is 0 Å². The molecule has 124 valence electrons. The number of thioether (sulfide) groups is 1. The van der Waals surface area contributed by atoms with Crippen LogP contribution < -0.4 is 4.90 Å². The fraction of sp³-hybridized carbons (Fsp3) is 0.235. The van der Waals surface area contributed by atoms with Gasteiger partial charge < -0.3 is 10.0 Å². The number of benzene rings is 2. The third-order valence-electron chi connectivity index (χ3n) is 3.89. The zero-order valence-corrected chi connectivity index (χ0v) is 13.7. The summed E-state index contributed by atoms with van der Waals surface area (Å²) in [5.41, 5.74) is 1.67. The van der Waals surface area contributed by atoms with E-state index in [0.717, 1.165) is 29.0 Å². The first-order valence-electron chi connectivity index (χ1n) is 7.54. The number of aromatic hydroxyl groups is 1. The molecule has 0 unspecified atom stereocenters. The predicted molar refractivity (Wildman–Crippen MR) is 92.6 cm³/mol. The zero-order chi connectivity index (χ0) is 17.1. The van der Waals surface area contributed by atoms with Crippen molar-refractivity contribution in [2.75, 3.05) is 17.2 Å². The van der Waals surface area contributed by atoms with Crippen LogP contribution in [0.3, 0.4) is 0 Å². The van der Waals surface area contributed by atoms with Crippen LogP contribution in [0.4, 0.5) is 11.4 Å². The molecule has 0 saturated carbocycles. The highest BCUT2D eigenvalue weighted by atomic mass is 32.2. The summed E-state index contributed by atoms with van der Waals surface area (Å²) in [4.78, 5) is 25.6. The van der Waals surface area contributed by atoms with Gasteiger partial charge in [-0.3, -0.25) is 14.9 Å². The van der Waals surface area contributed by atoms with Gasteiger partial charge in [0, 0.05) is 29.3 Å². The Hall–Kier alpha value is -2.54. The van der Waals surface area contributed by atoms with Gasteiger partial charge in [-0.25, -0.2) is 0 Å².